The second kappa shape index (κ2) is 16.1. The minimum absolute atomic E-state index is 0.0359. The number of amides is 2. The number of methoxy groups -OCH3 is 1. The first-order valence-corrected chi connectivity index (χ1v) is 21.3. The maximum absolute atomic E-state index is 15.0. The minimum Gasteiger partial charge on any atom is -0.494 e. The van der Waals surface area contributed by atoms with Gasteiger partial charge in [0.1, 0.15) is 11.9 Å². The third-order valence-corrected chi connectivity index (χ3v) is 14.3. The normalized spacial score (nSPS) is 30.6. The fourth-order valence-corrected chi connectivity index (χ4v) is 9.66. The summed E-state index contributed by atoms with van der Waals surface area (Å²) in [5, 5.41) is 1.25. The summed E-state index contributed by atoms with van der Waals surface area (Å²) in [6, 6.07) is 5.87. The van der Waals surface area contributed by atoms with Crippen molar-refractivity contribution < 1.29 is 59.1 Å². The van der Waals surface area contributed by atoms with E-state index in [4.69, 9.17) is 18.3 Å². The molecular formula is C42H54F3N3O9S. The Kier molecular flexibility index (Phi) is 10.9. The Bertz CT molecular complexity index is 2180. The molecule has 7 atom stereocenters. The number of aromatic nitrogens is 1. The van der Waals surface area contributed by atoms with Gasteiger partial charge in [0.15, 0.2) is 5.78 Å². The number of Topliss-reactive ketones (excluding diaryl/α,β-unsaturated/α-hetero) is 1. The van der Waals surface area contributed by atoms with Crippen LogP contribution in [0, 0.1) is 29.1 Å². The van der Waals surface area contributed by atoms with Crippen molar-refractivity contribution in [3.8, 4) is 11.6 Å². The summed E-state index contributed by atoms with van der Waals surface area (Å²) in [4.78, 5) is 63.0. The molecule has 2 saturated carbocycles. The van der Waals surface area contributed by atoms with Gasteiger partial charge in [0.25, 0.3) is 0 Å². The van der Waals surface area contributed by atoms with Crippen LogP contribution in [0.4, 0.5) is 13.2 Å². The van der Waals surface area contributed by atoms with Gasteiger partial charge in [-0.25, -0.2) is 13.4 Å². The third kappa shape index (κ3) is 8.72. The molecule has 2 aromatic rings. The van der Waals surface area contributed by atoms with Crippen molar-refractivity contribution in [1.29, 1.82) is 0 Å². The highest BCUT2D eigenvalue weighted by Crippen LogP contribution is 2.58. The van der Waals surface area contributed by atoms with Crippen LogP contribution in [0.5, 0.6) is 11.6 Å². The number of esters is 1. The first kappa shape index (κ1) is 39.3. The summed E-state index contributed by atoms with van der Waals surface area (Å²) in [5.41, 5.74) is -4.43. The Morgan fingerprint density at radius 2 is 1.83 bits per heavy atom. The highest BCUT2D eigenvalue weighted by molar-refractivity contribution is 7.91. The first-order valence-electron chi connectivity index (χ1n) is 21.3. The fraction of sp³-hybridized carbons (Fsp3) is 0.643. The monoisotopic (exact) mass is 836 g/mol. The van der Waals surface area contributed by atoms with Gasteiger partial charge in [-0.3, -0.25) is 23.9 Å². The lowest BCUT2D eigenvalue weighted by Crippen LogP contribution is -2.49. The van der Waals surface area contributed by atoms with Crippen molar-refractivity contribution in [3.05, 3.63) is 42.6 Å². The molecule has 4 aliphatic rings. The molecule has 3 fully saturated rings. The molecule has 16 heteroatoms. The summed E-state index contributed by atoms with van der Waals surface area (Å²) >= 11 is 0. The molecule has 0 bridgehead atoms. The number of hydrogen-bond acceptors (Lipinski definition) is 10. The average molecular weight is 837 g/mol. The molecule has 2 amide bonds. The van der Waals surface area contributed by atoms with Crippen molar-refractivity contribution >= 4 is 44.4 Å². The molecule has 58 heavy (non-hydrogen) atoms. The third-order valence-electron chi connectivity index (χ3n) is 12.4. The topological polar surface area (TPSA) is 158 Å². The summed E-state index contributed by atoms with van der Waals surface area (Å²) in [5.74, 6) is -5.21. The number of nitrogens with one attached hydrogen (secondary N) is 1. The van der Waals surface area contributed by atoms with E-state index in [2.05, 4.69) is 4.98 Å². The van der Waals surface area contributed by atoms with E-state index in [9.17, 15) is 36.0 Å². The number of ether oxygens (including phenoxy) is 3. The van der Waals surface area contributed by atoms with Crippen molar-refractivity contribution in [2.75, 3.05) is 13.7 Å². The van der Waals surface area contributed by atoms with Gasteiger partial charge in [-0.05, 0) is 83.0 Å². The van der Waals surface area contributed by atoms with Crippen molar-refractivity contribution in [2.24, 2.45) is 29.1 Å². The smallest absolute Gasteiger partial charge is 0.427 e. The fourth-order valence-electron chi connectivity index (χ4n) is 8.37. The lowest BCUT2D eigenvalue weighted by Gasteiger charge is -2.34. The number of allylic oxidation sites excluding steroid dienone is 2. The average Bonchev–Trinajstić information content (AvgIpc) is 4.09. The van der Waals surface area contributed by atoms with E-state index >= 15 is 4.79 Å². The first-order chi connectivity index (χ1) is 28.4. The van der Waals surface area contributed by atoms with E-state index in [-0.39, 0.29) is 44.0 Å². The summed E-state index contributed by atoms with van der Waals surface area (Å²) in [6.45, 7) is 2.12. The molecule has 2 aliphatic heterocycles. The zero-order valence-electron chi connectivity index (χ0n) is 36.4. The van der Waals surface area contributed by atoms with Gasteiger partial charge in [-0.1, -0.05) is 50.6 Å². The number of alkyl halides is 3. The predicted molar refractivity (Wildman–Crippen MR) is 208 cm³/mol. The molecule has 12 nitrogen and oxygen atoms in total. The van der Waals surface area contributed by atoms with Crippen LogP contribution in [0.1, 0.15) is 103 Å². The van der Waals surface area contributed by atoms with Gasteiger partial charge < -0.3 is 19.1 Å². The van der Waals surface area contributed by atoms with E-state index in [1.54, 1.807) is 30.3 Å². The summed E-state index contributed by atoms with van der Waals surface area (Å²) in [6.07, 6.45) is -0.347. The number of carbonyl (C=O) groups is 4. The number of rotatable bonds is 10. The van der Waals surface area contributed by atoms with Crippen LogP contribution in [0.15, 0.2) is 42.6 Å². The van der Waals surface area contributed by atoms with Crippen LogP contribution < -0.4 is 14.2 Å². The maximum Gasteiger partial charge on any atom is 0.427 e. The Labute approximate surface area is 341 Å². The molecule has 1 N–H and O–H groups in total. The zero-order chi connectivity index (χ0) is 44.9. The number of nitrogens with zero attached hydrogens (tertiary/aromatic N) is 2. The van der Waals surface area contributed by atoms with E-state index in [1.165, 1.54) is 18.2 Å². The maximum atomic E-state index is 15.0. The molecule has 3 heterocycles. The van der Waals surface area contributed by atoms with Crippen molar-refractivity contribution in [2.45, 2.75) is 127 Å². The molecule has 0 unspecified atom stereocenters. The highest BCUT2D eigenvalue weighted by Gasteiger charge is 2.63. The van der Waals surface area contributed by atoms with Crippen LogP contribution in [0.2, 0.25) is 0 Å². The molecule has 0 spiro atoms. The molecule has 1 aromatic heterocycles. The number of hydrogen-bond donors (Lipinski definition) is 1. The molecule has 6 rings (SSSR count). The zero-order valence-corrected chi connectivity index (χ0v) is 34.2. The van der Waals surface area contributed by atoms with Crippen LogP contribution >= 0.6 is 0 Å². The van der Waals surface area contributed by atoms with E-state index in [1.807, 2.05) is 24.6 Å². The number of halogens is 3. The van der Waals surface area contributed by atoms with Crippen LogP contribution in [0.25, 0.3) is 10.8 Å². The SMILES string of the molecule is [2H]C([2H])([2H])C1(S(=O)(=O)NC(=O)[C@]23CC(=O)[C@@H]4C[C@@H](Oc5ncc(OC)c6ccccc56)CN4C(=O)[C@@H](CC(=O)OC(C)(C)C(F)(F)F)[C@H](CC)C[C@H](C)CC/C=C\[C@@H]2C3)CC1. The van der Waals surface area contributed by atoms with Crippen LogP contribution in [0.3, 0.4) is 0 Å². The lowest BCUT2D eigenvalue weighted by molar-refractivity contribution is -0.257. The van der Waals surface area contributed by atoms with Gasteiger partial charge in [0.05, 0.1) is 48.4 Å². The Morgan fingerprint density at radius 1 is 1.12 bits per heavy atom. The Balaban J connectivity index is 1.38. The van der Waals surface area contributed by atoms with Gasteiger partial charge >= 0.3 is 12.1 Å². The Hall–Kier alpha value is -4.21. The minimum atomic E-state index is -4.90. The molecule has 0 radical (unpaired) electrons. The van der Waals surface area contributed by atoms with Crippen LogP contribution in [-0.2, 0) is 33.9 Å². The summed E-state index contributed by atoms with van der Waals surface area (Å²) in [7, 11) is -3.22. The molecular weight excluding hydrogens is 780 g/mol. The number of sulfonamides is 1. The quantitative estimate of drug-likeness (QED) is 0.198. The van der Waals surface area contributed by atoms with Gasteiger partial charge in [-0.15, -0.1) is 0 Å². The number of carbonyl (C=O) groups excluding carboxylic acids is 4. The van der Waals surface area contributed by atoms with E-state index in [0.717, 1.165) is 13.8 Å². The summed E-state index contributed by atoms with van der Waals surface area (Å²) < 4.78 is 109. The van der Waals surface area contributed by atoms with E-state index in [0.29, 0.717) is 42.2 Å². The van der Waals surface area contributed by atoms with Crippen molar-refractivity contribution in [1.82, 2.24) is 14.6 Å². The standard InChI is InChI=1S/C42H54F3N3O9S/c1-7-26-18-25(2)12-8-9-13-27-21-41(27,38(52)47-58(53,54)40(5)16-17-40)22-33(49)32-19-28(56-36-30-15-11-10-14-29(30)34(55-6)23-46-36)24-48(32)37(51)31(26)20-35(50)57-39(3,4)42(43,44)45/h9-11,13-15,23,25-28,31-32H,7-8,12,16-22,24H2,1-6H3,(H,47,52)/b13-9-/t25-,26-,27-,28-,31+,32+,41-/m1/s1/i5D3. The highest BCUT2D eigenvalue weighted by atomic mass is 32.2. The predicted octanol–water partition coefficient (Wildman–Crippen LogP) is 6.85. The molecule has 1 saturated heterocycles. The number of pyridine rings is 1. The second-order valence-corrected chi connectivity index (χ2v) is 19.0. The van der Waals surface area contributed by atoms with Gasteiger partial charge in [0, 0.05) is 27.7 Å². The second-order valence-electron chi connectivity index (χ2n) is 17.0. The number of fused-ring (bicyclic) bond motifs is 3. The van der Waals surface area contributed by atoms with E-state index < -0.39 is 105 Å². The van der Waals surface area contributed by atoms with Gasteiger partial charge in [0.2, 0.25) is 33.3 Å². The number of benzene rings is 1. The molecule has 2 aliphatic carbocycles. The Morgan fingerprint density at radius 3 is 2.47 bits per heavy atom. The van der Waals surface area contributed by atoms with Crippen LogP contribution in [-0.4, -0.2) is 84.2 Å². The number of ketones is 1. The molecule has 1 aromatic carbocycles. The van der Waals surface area contributed by atoms with Crippen molar-refractivity contribution in [3.63, 3.8) is 0 Å². The molecule has 318 valence electrons. The largest absolute Gasteiger partial charge is 0.494 e. The van der Waals surface area contributed by atoms with Gasteiger partial charge in [-0.2, -0.15) is 13.2 Å². The lowest BCUT2D eigenvalue weighted by atomic mass is 9.79.